The molecule has 7 nitrogen and oxygen atoms in total. The van der Waals surface area contributed by atoms with Crippen LogP contribution < -0.4 is 5.32 Å². The number of carbonyl (C=O) groups is 1. The molecule has 0 spiro atoms. The lowest BCUT2D eigenvalue weighted by atomic mass is 10.2. The lowest BCUT2D eigenvalue weighted by Crippen LogP contribution is -2.28. The Balaban J connectivity index is 1.45. The van der Waals surface area contributed by atoms with Crippen LogP contribution in [0.4, 0.5) is 5.13 Å². The number of thiazole rings is 1. The number of nitrogens with one attached hydrogen (secondary N) is 1. The normalized spacial score (nSPS) is 11.8. The average molecular weight is 470 g/mol. The molecule has 1 amide bonds. The molecule has 2 aromatic carbocycles. The van der Waals surface area contributed by atoms with Gasteiger partial charge in [0, 0.05) is 29.9 Å². The molecule has 0 unspecified atom stereocenters. The average Bonchev–Trinajstić information content (AvgIpc) is 3.44. The number of para-hydroxylation sites is 1. The summed E-state index contributed by atoms with van der Waals surface area (Å²) in [5.74, 6) is 0.267. The maximum absolute atomic E-state index is 12.6. The second-order valence-electron chi connectivity index (χ2n) is 7.35. The topological polar surface area (TPSA) is 92.5 Å². The summed E-state index contributed by atoms with van der Waals surface area (Å²) in [6, 6.07) is 15.5. The van der Waals surface area contributed by atoms with Crippen molar-refractivity contribution < 1.29 is 17.6 Å². The monoisotopic (exact) mass is 469 g/mol. The van der Waals surface area contributed by atoms with E-state index in [2.05, 4.69) is 10.3 Å². The number of unbranched alkanes of at least 4 members (excludes halogenated alkanes) is 1. The van der Waals surface area contributed by atoms with Crippen molar-refractivity contribution in [2.75, 3.05) is 18.9 Å². The third-order valence-corrected chi connectivity index (χ3v) is 7.68. The predicted molar refractivity (Wildman–Crippen MR) is 126 cm³/mol. The molecule has 9 heteroatoms. The summed E-state index contributed by atoms with van der Waals surface area (Å²) in [5.41, 5.74) is 1.76. The van der Waals surface area contributed by atoms with E-state index in [0.717, 1.165) is 23.8 Å². The van der Waals surface area contributed by atoms with Crippen molar-refractivity contribution in [1.82, 2.24) is 9.29 Å². The number of carbonyl (C=O) groups excluding carboxylic acids is 1. The van der Waals surface area contributed by atoms with Crippen LogP contribution >= 0.6 is 11.3 Å². The number of aromatic nitrogens is 1. The van der Waals surface area contributed by atoms with Gasteiger partial charge >= 0.3 is 0 Å². The van der Waals surface area contributed by atoms with Gasteiger partial charge in [0.2, 0.25) is 10.0 Å². The lowest BCUT2D eigenvalue weighted by molar-refractivity contribution is 0.102. The minimum absolute atomic E-state index is 0.161. The van der Waals surface area contributed by atoms with Crippen molar-refractivity contribution in [1.29, 1.82) is 0 Å². The molecule has 0 fully saturated rings. The highest BCUT2D eigenvalue weighted by Crippen LogP contribution is 2.30. The van der Waals surface area contributed by atoms with Crippen molar-refractivity contribution in [2.45, 2.75) is 24.7 Å². The van der Waals surface area contributed by atoms with Crippen LogP contribution in [0.2, 0.25) is 0 Å². The fourth-order valence-electron chi connectivity index (χ4n) is 3.18. The molecule has 2 aromatic heterocycles. The van der Waals surface area contributed by atoms with E-state index < -0.39 is 10.0 Å². The van der Waals surface area contributed by atoms with E-state index in [1.54, 1.807) is 7.05 Å². The first-order valence-corrected chi connectivity index (χ1v) is 12.5. The van der Waals surface area contributed by atoms with Crippen LogP contribution in [0.1, 0.15) is 30.1 Å². The van der Waals surface area contributed by atoms with Gasteiger partial charge in [-0.1, -0.05) is 31.5 Å². The van der Waals surface area contributed by atoms with Gasteiger partial charge in [-0.05, 0) is 42.8 Å². The van der Waals surface area contributed by atoms with E-state index in [1.165, 1.54) is 39.9 Å². The number of fused-ring (bicyclic) bond motifs is 1. The molecule has 0 bridgehead atoms. The molecular weight excluding hydrogens is 446 g/mol. The Kier molecular flexibility index (Phi) is 6.40. The zero-order valence-electron chi connectivity index (χ0n) is 17.7. The second kappa shape index (κ2) is 9.23. The van der Waals surface area contributed by atoms with E-state index in [1.807, 2.05) is 42.6 Å². The highest BCUT2D eigenvalue weighted by Gasteiger charge is 2.21. The zero-order valence-corrected chi connectivity index (χ0v) is 19.4. The van der Waals surface area contributed by atoms with E-state index >= 15 is 0 Å². The molecule has 0 aliphatic carbocycles. The van der Waals surface area contributed by atoms with Crippen LogP contribution in [0.25, 0.3) is 22.4 Å². The van der Waals surface area contributed by atoms with Gasteiger partial charge in [-0.15, -0.1) is 11.3 Å². The predicted octanol–water partition coefficient (Wildman–Crippen LogP) is 5.23. The Labute approximate surface area is 190 Å². The number of amides is 1. The number of nitrogens with zero attached hydrogens (tertiary/aromatic N) is 2. The number of hydrogen-bond donors (Lipinski definition) is 1. The fraction of sp³-hybridized carbons (Fsp3) is 0.217. The molecule has 1 N–H and O–H groups in total. The molecule has 0 saturated heterocycles. The molecule has 4 aromatic rings. The molecule has 0 aliphatic rings. The Morgan fingerprint density at radius 2 is 1.91 bits per heavy atom. The smallest absolute Gasteiger partial charge is 0.257 e. The fourth-order valence-corrected chi connectivity index (χ4v) is 5.09. The molecule has 166 valence electrons. The van der Waals surface area contributed by atoms with Crippen LogP contribution in [-0.4, -0.2) is 37.2 Å². The Morgan fingerprint density at radius 1 is 1.16 bits per heavy atom. The minimum Gasteiger partial charge on any atom is -0.454 e. The third kappa shape index (κ3) is 4.59. The standard InChI is InChI=1S/C23H23N3O4S2/c1-3-4-13-26(2)32(28,29)18-11-9-16(10-12-18)22(27)25-23-24-19(15-31-23)21-14-17-7-5-6-8-20(17)30-21/h5-12,14-15H,3-4,13H2,1-2H3,(H,24,25,27). The molecule has 0 saturated carbocycles. The maximum Gasteiger partial charge on any atom is 0.257 e. The Bertz CT molecular complexity index is 1310. The Morgan fingerprint density at radius 3 is 2.62 bits per heavy atom. The summed E-state index contributed by atoms with van der Waals surface area (Å²) in [5, 5.41) is 5.99. The number of sulfonamides is 1. The molecule has 2 heterocycles. The number of furan rings is 1. The van der Waals surface area contributed by atoms with E-state index in [9.17, 15) is 13.2 Å². The summed E-state index contributed by atoms with van der Waals surface area (Å²) >= 11 is 1.29. The molecule has 0 radical (unpaired) electrons. The van der Waals surface area contributed by atoms with Gasteiger partial charge in [0.05, 0.1) is 4.90 Å². The van der Waals surface area contributed by atoms with Crippen LogP contribution in [0, 0.1) is 0 Å². The highest BCUT2D eigenvalue weighted by atomic mass is 32.2. The number of anilines is 1. The van der Waals surface area contributed by atoms with Crippen LogP contribution in [0.3, 0.4) is 0 Å². The number of hydrogen-bond acceptors (Lipinski definition) is 6. The molecule has 0 aliphatic heterocycles. The van der Waals surface area contributed by atoms with Gasteiger partial charge < -0.3 is 4.42 Å². The number of benzene rings is 2. The molecular formula is C23H23N3O4S2. The lowest BCUT2D eigenvalue weighted by Gasteiger charge is -2.16. The third-order valence-electron chi connectivity index (χ3n) is 5.05. The van der Waals surface area contributed by atoms with Crippen molar-refractivity contribution in [3.8, 4) is 11.5 Å². The second-order valence-corrected chi connectivity index (χ2v) is 10.2. The highest BCUT2D eigenvalue weighted by molar-refractivity contribution is 7.89. The summed E-state index contributed by atoms with van der Waals surface area (Å²) in [4.78, 5) is 17.2. The van der Waals surface area contributed by atoms with Gasteiger partial charge in [0.25, 0.3) is 5.91 Å². The molecule has 32 heavy (non-hydrogen) atoms. The van der Waals surface area contributed by atoms with Gasteiger partial charge in [-0.2, -0.15) is 0 Å². The summed E-state index contributed by atoms with van der Waals surface area (Å²) < 4.78 is 32.4. The first kappa shape index (κ1) is 22.2. The molecule has 0 atom stereocenters. The van der Waals surface area contributed by atoms with Crippen LogP contribution in [0.5, 0.6) is 0 Å². The van der Waals surface area contributed by atoms with Crippen LogP contribution in [0.15, 0.2) is 69.3 Å². The van der Waals surface area contributed by atoms with Crippen molar-refractivity contribution in [2.24, 2.45) is 0 Å². The van der Waals surface area contributed by atoms with Gasteiger partial charge in [-0.25, -0.2) is 17.7 Å². The van der Waals surface area contributed by atoms with Gasteiger partial charge in [0.15, 0.2) is 10.9 Å². The summed E-state index contributed by atoms with van der Waals surface area (Å²) in [6.45, 7) is 2.47. The number of rotatable bonds is 8. The molecule has 4 rings (SSSR count). The SMILES string of the molecule is CCCCN(C)S(=O)(=O)c1ccc(C(=O)Nc2nc(-c3cc4ccccc4o3)cs2)cc1. The Hall–Kier alpha value is -3.01. The minimum atomic E-state index is -3.57. The first-order valence-electron chi connectivity index (χ1n) is 10.2. The van der Waals surface area contributed by atoms with E-state index in [4.69, 9.17) is 4.42 Å². The largest absolute Gasteiger partial charge is 0.454 e. The van der Waals surface area contributed by atoms with Gasteiger partial charge in [0.1, 0.15) is 11.3 Å². The van der Waals surface area contributed by atoms with E-state index in [0.29, 0.717) is 28.7 Å². The van der Waals surface area contributed by atoms with Gasteiger partial charge in [-0.3, -0.25) is 10.1 Å². The van der Waals surface area contributed by atoms with E-state index in [-0.39, 0.29) is 10.8 Å². The quantitative estimate of drug-likeness (QED) is 0.381. The summed E-state index contributed by atoms with van der Waals surface area (Å²) in [7, 11) is -2.01. The maximum atomic E-state index is 12.6. The first-order chi connectivity index (χ1) is 15.4. The van der Waals surface area contributed by atoms with Crippen LogP contribution in [-0.2, 0) is 10.0 Å². The van der Waals surface area contributed by atoms with Crippen molar-refractivity contribution in [3.63, 3.8) is 0 Å². The zero-order chi connectivity index (χ0) is 22.7. The summed E-state index contributed by atoms with van der Waals surface area (Å²) in [6.07, 6.45) is 1.70. The van der Waals surface area contributed by atoms with Crippen molar-refractivity contribution in [3.05, 3.63) is 65.5 Å². The van der Waals surface area contributed by atoms with Crippen molar-refractivity contribution >= 4 is 43.4 Å².